The number of carbonyl (C=O) groups is 1. The fourth-order valence-corrected chi connectivity index (χ4v) is 5.85. The maximum Gasteiger partial charge on any atom is 0.264 e. The molecule has 4 rings (SSSR count). The highest BCUT2D eigenvalue weighted by atomic mass is 35.5. The molecule has 0 aliphatic heterocycles. The zero-order chi connectivity index (χ0) is 26.6. The molecule has 0 fully saturated rings. The van der Waals surface area contributed by atoms with Crippen LogP contribution in [0.1, 0.15) is 33.9 Å². The van der Waals surface area contributed by atoms with Gasteiger partial charge in [0.25, 0.3) is 10.0 Å². The Hall–Kier alpha value is -3.61. The van der Waals surface area contributed by atoms with Gasteiger partial charge in [0.1, 0.15) is 6.54 Å². The molecule has 37 heavy (non-hydrogen) atoms. The van der Waals surface area contributed by atoms with Gasteiger partial charge in [-0.05, 0) is 67.8 Å². The van der Waals surface area contributed by atoms with Crippen LogP contribution >= 0.6 is 11.6 Å². The van der Waals surface area contributed by atoms with Crippen LogP contribution in [-0.2, 0) is 14.8 Å². The van der Waals surface area contributed by atoms with E-state index in [9.17, 15) is 13.2 Å². The molecule has 0 aliphatic rings. The number of aryl methyl sites for hydroxylation is 3. The van der Waals surface area contributed by atoms with Crippen LogP contribution in [0.25, 0.3) is 0 Å². The fourth-order valence-electron chi connectivity index (χ4n) is 4.14. The van der Waals surface area contributed by atoms with E-state index in [-0.39, 0.29) is 4.90 Å². The molecule has 4 aromatic rings. The SMILES string of the molecule is Cc1ccc([C@H](NC(=O)CN(c2ccc(Cl)cc2C)S(=O)(=O)c2ccc(C)cc2)c2ccccc2)cc1. The molecule has 0 bridgehead atoms. The Morgan fingerprint density at radius 3 is 1.97 bits per heavy atom. The van der Waals surface area contributed by atoms with Gasteiger partial charge < -0.3 is 5.32 Å². The molecule has 1 amide bonds. The lowest BCUT2D eigenvalue weighted by molar-refractivity contribution is -0.120. The summed E-state index contributed by atoms with van der Waals surface area (Å²) in [6.07, 6.45) is 0. The standard InChI is InChI=1S/C30H29ClN2O3S/c1-21-9-13-25(14-10-21)30(24-7-5-4-6-8-24)32-29(34)20-33(28-18-15-26(31)19-23(28)3)37(35,36)27-16-11-22(2)12-17-27/h4-19,30H,20H2,1-3H3,(H,32,34)/t30-/m1/s1. The number of nitrogens with one attached hydrogen (secondary N) is 1. The van der Waals surface area contributed by atoms with Gasteiger partial charge in [0.05, 0.1) is 16.6 Å². The zero-order valence-electron chi connectivity index (χ0n) is 21.0. The molecule has 1 N–H and O–H groups in total. The zero-order valence-corrected chi connectivity index (χ0v) is 22.6. The second kappa shape index (κ2) is 11.2. The van der Waals surface area contributed by atoms with Crippen LogP contribution < -0.4 is 9.62 Å². The van der Waals surface area contributed by atoms with E-state index >= 15 is 0 Å². The van der Waals surface area contributed by atoms with Crippen LogP contribution in [0.2, 0.25) is 5.02 Å². The van der Waals surface area contributed by atoms with Crippen LogP contribution in [0.3, 0.4) is 0 Å². The number of anilines is 1. The maximum absolute atomic E-state index is 13.8. The molecular weight excluding hydrogens is 504 g/mol. The quantitative estimate of drug-likeness (QED) is 0.287. The van der Waals surface area contributed by atoms with Crippen molar-refractivity contribution in [1.29, 1.82) is 0 Å². The van der Waals surface area contributed by atoms with E-state index in [2.05, 4.69) is 5.32 Å². The first-order valence-corrected chi connectivity index (χ1v) is 13.7. The Labute approximate surface area is 223 Å². The predicted molar refractivity (Wildman–Crippen MR) is 150 cm³/mol. The van der Waals surface area contributed by atoms with Crippen molar-refractivity contribution in [3.05, 3.63) is 130 Å². The Balaban J connectivity index is 1.71. The lowest BCUT2D eigenvalue weighted by Crippen LogP contribution is -2.42. The van der Waals surface area contributed by atoms with Gasteiger partial charge in [-0.25, -0.2) is 8.42 Å². The third-order valence-electron chi connectivity index (χ3n) is 6.17. The van der Waals surface area contributed by atoms with Gasteiger partial charge in [-0.1, -0.05) is 89.5 Å². The normalized spacial score (nSPS) is 12.1. The Bertz CT molecular complexity index is 1490. The van der Waals surface area contributed by atoms with Gasteiger partial charge in [-0.3, -0.25) is 9.10 Å². The Morgan fingerprint density at radius 1 is 0.811 bits per heavy atom. The molecule has 4 aromatic carbocycles. The molecule has 7 heteroatoms. The molecular formula is C30H29ClN2O3S. The lowest BCUT2D eigenvalue weighted by Gasteiger charge is -2.27. The van der Waals surface area contributed by atoms with Gasteiger partial charge in [0.2, 0.25) is 5.91 Å². The number of hydrogen-bond donors (Lipinski definition) is 1. The van der Waals surface area contributed by atoms with Crippen LogP contribution in [0.15, 0.2) is 102 Å². The highest BCUT2D eigenvalue weighted by Gasteiger charge is 2.29. The van der Waals surface area contributed by atoms with Crippen LogP contribution in [-0.4, -0.2) is 20.9 Å². The first-order valence-electron chi connectivity index (χ1n) is 11.9. The van der Waals surface area contributed by atoms with E-state index in [4.69, 9.17) is 11.6 Å². The van der Waals surface area contributed by atoms with Crippen molar-refractivity contribution >= 4 is 33.2 Å². The Morgan fingerprint density at radius 2 is 1.38 bits per heavy atom. The fraction of sp³-hybridized carbons (Fsp3) is 0.167. The van der Waals surface area contributed by atoms with Crippen LogP contribution in [0, 0.1) is 20.8 Å². The van der Waals surface area contributed by atoms with Crippen LogP contribution in [0.4, 0.5) is 5.69 Å². The number of nitrogens with zero attached hydrogens (tertiary/aromatic N) is 1. The van der Waals surface area contributed by atoms with Crippen molar-refractivity contribution in [3.63, 3.8) is 0 Å². The third-order valence-corrected chi connectivity index (χ3v) is 8.18. The summed E-state index contributed by atoms with van der Waals surface area (Å²) in [6, 6.07) is 28.6. The van der Waals surface area contributed by atoms with Gasteiger partial charge in [0.15, 0.2) is 0 Å². The first kappa shape index (κ1) is 26.5. The van der Waals surface area contributed by atoms with Crippen LogP contribution in [0.5, 0.6) is 0 Å². The average molecular weight is 533 g/mol. The summed E-state index contributed by atoms with van der Waals surface area (Å²) >= 11 is 6.14. The van der Waals surface area contributed by atoms with E-state index in [1.54, 1.807) is 49.4 Å². The van der Waals surface area contributed by atoms with E-state index in [0.717, 1.165) is 26.6 Å². The summed E-state index contributed by atoms with van der Waals surface area (Å²) in [5, 5.41) is 3.55. The first-order chi connectivity index (χ1) is 17.6. The molecule has 0 aromatic heterocycles. The van der Waals surface area contributed by atoms with Gasteiger partial charge in [-0.2, -0.15) is 0 Å². The van der Waals surface area contributed by atoms with E-state index < -0.39 is 28.5 Å². The highest BCUT2D eigenvalue weighted by molar-refractivity contribution is 7.92. The minimum absolute atomic E-state index is 0.110. The second-order valence-electron chi connectivity index (χ2n) is 9.08. The summed E-state index contributed by atoms with van der Waals surface area (Å²) in [6.45, 7) is 5.27. The molecule has 0 heterocycles. The monoisotopic (exact) mass is 532 g/mol. The molecule has 0 spiro atoms. The van der Waals surface area contributed by atoms with Gasteiger partial charge in [0, 0.05) is 5.02 Å². The number of rotatable bonds is 8. The largest absolute Gasteiger partial charge is 0.344 e. The number of hydrogen-bond acceptors (Lipinski definition) is 3. The molecule has 0 radical (unpaired) electrons. The molecule has 5 nitrogen and oxygen atoms in total. The second-order valence-corrected chi connectivity index (χ2v) is 11.4. The third kappa shape index (κ3) is 6.21. The summed E-state index contributed by atoms with van der Waals surface area (Å²) in [7, 11) is -4.04. The summed E-state index contributed by atoms with van der Waals surface area (Å²) in [5.41, 5.74) is 4.89. The van der Waals surface area contributed by atoms with Crippen molar-refractivity contribution in [2.24, 2.45) is 0 Å². The molecule has 1 atom stereocenters. The van der Waals surface area contributed by atoms with Crippen molar-refractivity contribution in [2.45, 2.75) is 31.7 Å². The van der Waals surface area contributed by atoms with Crippen molar-refractivity contribution in [2.75, 3.05) is 10.8 Å². The lowest BCUT2D eigenvalue weighted by atomic mass is 9.98. The molecule has 0 unspecified atom stereocenters. The summed E-state index contributed by atoms with van der Waals surface area (Å²) in [5.74, 6) is -0.431. The van der Waals surface area contributed by atoms with E-state index in [0.29, 0.717) is 16.3 Å². The van der Waals surface area contributed by atoms with Crippen molar-refractivity contribution in [3.8, 4) is 0 Å². The van der Waals surface area contributed by atoms with Crippen molar-refractivity contribution in [1.82, 2.24) is 5.32 Å². The number of halogens is 1. The maximum atomic E-state index is 13.8. The molecule has 0 saturated heterocycles. The minimum atomic E-state index is -4.04. The van der Waals surface area contributed by atoms with Crippen molar-refractivity contribution < 1.29 is 13.2 Å². The summed E-state index contributed by atoms with van der Waals surface area (Å²) < 4.78 is 28.7. The van der Waals surface area contributed by atoms with Gasteiger partial charge in [-0.15, -0.1) is 0 Å². The summed E-state index contributed by atoms with van der Waals surface area (Å²) in [4.78, 5) is 13.6. The number of carbonyl (C=O) groups excluding carboxylic acids is 1. The highest BCUT2D eigenvalue weighted by Crippen LogP contribution is 2.29. The number of sulfonamides is 1. The van der Waals surface area contributed by atoms with Gasteiger partial charge >= 0.3 is 0 Å². The topological polar surface area (TPSA) is 66.5 Å². The minimum Gasteiger partial charge on any atom is -0.344 e. The predicted octanol–water partition coefficient (Wildman–Crippen LogP) is 6.37. The Kier molecular flexibility index (Phi) is 8.00. The molecule has 0 aliphatic carbocycles. The smallest absolute Gasteiger partial charge is 0.264 e. The average Bonchev–Trinajstić information content (AvgIpc) is 2.88. The molecule has 190 valence electrons. The number of amides is 1. The van der Waals surface area contributed by atoms with E-state index in [1.807, 2.05) is 68.4 Å². The number of benzene rings is 4. The molecule has 0 saturated carbocycles. The van der Waals surface area contributed by atoms with E-state index in [1.165, 1.54) is 0 Å².